The monoisotopic (exact) mass is 544 g/mol. The third-order valence-corrected chi connectivity index (χ3v) is 9.29. The molecular weight excluding hydrogens is 500 g/mol. The average molecular weight is 545 g/mol. The van der Waals surface area contributed by atoms with E-state index in [-0.39, 0.29) is 22.9 Å². The fourth-order valence-corrected chi connectivity index (χ4v) is 6.63. The highest BCUT2D eigenvalue weighted by atomic mass is 16.2. The molecule has 4 atom stereocenters. The molecule has 2 saturated heterocycles. The van der Waals surface area contributed by atoms with Crippen LogP contribution in [0.15, 0.2) is 12.3 Å². The molecule has 39 heavy (non-hydrogen) atoms. The Hall–Kier alpha value is -2.95. The van der Waals surface area contributed by atoms with Crippen molar-refractivity contribution in [2.75, 3.05) is 13.6 Å². The largest absolute Gasteiger partial charge is 0.363 e. The van der Waals surface area contributed by atoms with Crippen LogP contribution >= 0.6 is 0 Å². The summed E-state index contributed by atoms with van der Waals surface area (Å²) < 4.78 is 0. The third-order valence-electron chi connectivity index (χ3n) is 9.29. The van der Waals surface area contributed by atoms with Crippen molar-refractivity contribution in [3.63, 3.8) is 0 Å². The quantitative estimate of drug-likeness (QED) is 0.320. The Balaban J connectivity index is 1.59. The van der Waals surface area contributed by atoms with E-state index in [0.29, 0.717) is 25.1 Å². The van der Waals surface area contributed by atoms with Gasteiger partial charge in [-0.1, -0.05) is 46.6 Å². The third kappa shape index (κ3) is 5.69. The smallest absolute Gasteiger partial charge is 0.319 e. The Morgan fingerprint density at radius 2 is 1.72 bits per heavy atom. The van der Waals surface area contributed by atoms with Gasteiger partial charge in [0.15, 0.2) is 0 Å². The Bertz CT molecular complexity index is 1070. The van der Waals surface area contributed by atoms with Crippen molar-refractivity contribution in [2.45, 2.75) is 108 Å². The number of Topliss-reactive ketones (excluding diaryl/α,β-unsaturated/α-hetero) is 1. The maximum atomic E-state index is 14.1. The number of likely N-dealkylation sites (tertiary alicyclic amines) is 2. The molecule has 0 aromatic carbocycles. The zero-order valence-corrected chi connectivity index (χ0v) is 23.9. The lowest BCUT2D eigenvalue weighted by molar-refractivity contribution is -0.144. The van der Waals surface area contributed by atoms with Crippen LogP contribution in [-0.2, 0) is 19.2 Å². The van der Waals surface area contributed by atoms with Crippen molar-refractivity contribution < 1.29 is 24.0 Å². The Morgan fingerprint density at radius 1 is 1.08 bits per heavy atom. The molecule has 11 heteroatoms. The molecule has 2 heterocycles. The van der Waals surface area contributed by atoms with Crippen molar-refractivity contribution in [2.24, 2.45) is 17.1 Å². The van der Waals surface area contributed by atoms with E-state index in [1.54, 1.807) is 11.8 Å². The number of rotatable bonds is 9. The van der Waals surface area contributed by atoms with Gasteiger partial charge < -0.3 is 26.6 Å². The van der Waals surface area contributed by atoms with Gasteiger partial charge in [-0.2, -0.15) is 0 Å². The number of primary amides is 1. The van der Waals surface area contributed by atoms with Gasteiger partial charge in [0.05, 0.1) is 6.04 Å². The van der Waals surface area contributed by atoms with Gasteiger partial charge in [-0.15, -0.1) is 0 Å². The summed E-state index contributed by atoms with van der Waals surface area (Å²) in [5.74, 6) is -2.48. The van der Waals surface area contributed by atoms with Crippen LogP contribution in [0.1, 0.15) is 79.1 Å². The van der Waals surface area contributed by atoms with Crippen LogP contribution in [0.4, 0.5) is 4.79 Å². The molecule has 216 valence electrons. The van der Waals surface area contributed by atoms with Gasteiger partial charge in [-0.25, -0.2) is 4.79 Å². The lowest BCUT2D eigenvalue weighted by atomic mass is 9.75. The zero-order chi connectivity index (χ0) is 28.9. The van der Waals surface area contributed by atoms with E-state index in [4.69, 9.17) is 5.73 Å². The number of urea groups is 1. The van der Waals surface area contributed by atoms with Crippen molar-refractivity contribution >= 4 is 29.5 Å². The van der Waals surface area contributed by atoms with Crippen LogP contribution in [0, 0.1) is 11.3 Å². The molecule has 2 unspecified atom stereocenters. The number of nitrogens with two attached hydrogens (primary N) is 1. The van der Waals surface area contributed by atoms with Crippen LogP contribution in [0.5, 0.6) is 0 Å². The van der Waals surface area contributed by atoms with E-state index in [1.807, 2.05) is 20.8 Å². The maximum absolute atomic E-state index is 14.1. The Morgan fingerprint density at radius 3 is 2.18 bits per heavy atom. The number of ketones is 1. The number of carbonyl (C=O) groups is 5. The summed E-state index contributed by atoms with van der Waals surface area (Å²) in [6.07, 6.45) is 6.78. The molecule has 2 spiro atoms. The summed E-state index contributed by atoms with van der Waals surface area (Å²) in [6, 6.07) is -3.33. The molecule has 4 fully saturated rings. The van der Waals surface area contributed by atoms with Crippen molar-refractivity contribution in [3.05, 3.63) is 12.3 Å². The van der Waals surface area contributed by atoms with Gasteiger partial charge in [-0.05, 0) is 57.4 Å². The first-order chi connectivity index (χ1) is 18.1. The highest BCUT2D eigenvalue weighted by Gasteiger charge is 2.69. The number of nitrogens with zero attached hydrogens (tertiary/aromatic N) is 2. The molecule has 0 radical (unpaired) electrons. The second-order valence-corrected chi connectivity index (χ2v) is 13.4. The second-order valence-electron chi connectivity index (χ2n) is 13.4. The molecule has 5 N–H and O–H groups in total. The Kier molecular flexibility index (Phi) is 7.61. The molecule has 4 aliphatic rings. The van der Waals surface area contributed by atoms with Crippen LogP contribution in [0.2, 0.25) is 0 Å². The number of hydrogen-bond donors (Lipinski definition) is 4. The van der Waals surface area contributed by atoms with E-state index >= 15 is 0 Å². The molecular formula is C28H44N6O5. The standard InChI is InChI=1S/C28H44N6O5/c1-16(2)30-25(39)32-21(26(3,4)5)24(38)34-15-28(14-27(10-11-27)33(28)6)13-19(34)23(37)31-18(20(35)22(29)36)12-17-8-7-9-17/h17-19,21H,1,7-15H2,2-6H3,(H2,29,36)(H,31,37)(H2,30,32,39)/t18?,19-,21+,28?/m0/s1. The molecule has 2 aliphatic carbocycles. The van der Waals surface area contributed by atoms with Crippen LogP contribution in [0.3, 0.4) is 0 Å². The average Bonchev–Trinajstić information content (AvgIpc) is 3.49. The van der Waals surface area contributed by atoms with Gasteiger partial charge in [0.25, 0.3) is 5.91 Å². The van der Waals surface area contributed by atoms with Gasteiger partial charge >= 0.3 is 6.03 Å². The molecule has 2 saturated carbocycles. The predicted molar refractivity (Wildman–Crippen MR) is 145 cm³/mol. The minimum atomic E-state index is -1.08. The summed E-state index contributed by atoms with van der Waals surface area (Å²) >= 11 is 0. The number of nitrogens with one attached hydrogen (secondary N) is 3. The molecule has 0 aromatic heterocycles. The van der Waals surface area contributed by atoms with Gasteiger partial charge in [-0.3, -0.25) is 24.1 Å². The molecule has 5 amide bonds. The van der Waals surface area contributed by atoms with E-state index in [1.165, 1.54) is 0 Å². The maximum Gasteiger partial charge on any atom is 0.319 e. The van der Waals surface area contributed by atoms with Gasteiger partial charge in [0.1, 0.15) is 12.1 Å². The van der Waals surface area contributed by atoms with Crippen LogP contribution in [0.25, 0.3) is 0 Å². The Labute approximate surface area is 230 Å². The number of allylic oxidation sites excluding steroid dienone is 1. The SMILES string of the molecule is C=C(C)NC(=O)N[C@H](C(=O)N1CC2(C[C@H]1C(=O)NC(CC1CCC1)C(=O)C(N)=O)CC1(CC1)N2C)C(C)(C)C. The van der Waals surface area contributed by atoms with Crippen molar-refractivity contribution in [1.29, 1.82) is 0 Å². The second kappa shape index (κ2) is 10.2. The number of amides is 5. The minimum Gasteiger partial charge on any atom is -0.363 e. The summed E-state index contributed by atoms with van der Waals surface area (Å²) in [6.45, 7) is 11.2. The van der Waals surface area contributed by atoms with Crippen molar-refractivity contribution in [1.82, 2.24) is 25.8 Å². The fourth-order valence-electron chi connectivity index (χ4n) is 6.63. The van der Waals surface area contributed by atoms with Gasteiger partial charge in [0.2, 0.25) is 17.6 Å². The fraction of sp³-hybridized carbons (Fsp3) is 0.750. The first kappa shape index (κ1) is 29.0. The number of carbonyl (C=O) groups excluding carboxylic acids is 5. The molecule has 2 aliphatic heterocycles. The minimum absolute atomic E-state index is 0.151. The van der Waals surface area contributed by atoms with Crippen molar-refractivity contribution in [3.8, 4) is 0 Å². The lowest BCUT2D eigenvalue weighted by Crippen LogP contribution is -2.67. The lowest BCUT2D eigenvalue weighted by Gasteiger charge is -2.56. The van der Waals surface area contributed by atoms with Gasteiger partial charge in [0, 0.05) is 23.3 Å². The molecule has 0 bridgehead atoms. The summed E-state index contributed by atoms with van der Waals surface area (Å²) in [4.78, 5) is 68.8. The number of likely N-dealkylation sites (N-methyl/N-ethyl adjacent to an activating group) is 1. The molecule has 11 nitrogen and oxygen atoms in total. The predicted octanol–water partition coefficient (Wildman–Crippen LogP) is 1.17. The van der Waals surface area contributed by atoms with E-state index in [9.17, 15) is 24.0 Å². The normalized spacial score (nSPS) is 27.2. The van der Waals surface area contributed by atoms with E-state index in [2.05, 4.69) is 34.5 Å². The van der Waals surface area contributed by atoms with E-state index in [0.717, 1.165) is 38.5 Å². The highest BCUT2D eigenvalue weighted by Crippen LogP contribution is 2.62. The number of hydrogen-bond acceptors (Lipinski definition) is 6. The molecule has 4 rings (SSSR count). The van der Waals surface area contributed by atoms with Crippen LogP contribution < -0.4 is 21.7 Å². The topological polar surface area (TPSA) is 154 Å². The highest BCUT2D eigenvalue weighted by molar-refractivity contribution is 6.37. The summed E-state index contributed by atoms with van der Waals surface area (Å²) in [5, 5.41) is 8.16. The first-order valence-corrected chi connectivity index (χ1v) is 14.0. The summed E-state index contributed by atoms with van der Waals surface area (Å²) in [5.41, 5.74) is 4.89. The van der Waals surface area contributed by atoms with E-state index < -0.39 is 47.2 Å². The zero-order valence-electron chi connectivity index (χ0n) is 23.9. The summed E-state index contributed by atoms with van der Waals surface area (Å²) in [7, 11) is 2.05. The first-order valence-electron chi connectivity index (χ1n) is 14.0. The molecule has 0 aromatic rings. The van der Waals surface area contributed by atoms with Crippen LogP contribution in [-0.4, -0.2) is 82.1 Å².